The monoisotopic (exact) mass is 257 g/mol. The molecule has 0 aromatic rings. The Morgan fingerprint density at radius 1 is 1.05 bits per heavy atom. The highest BCUT2D eigenvalue weighted by Gasteiger charge is 2.03. The van der Waals surface area contributed by atoms with E-state index in [-0.39, 0.29) is 0 Å². The average molecular weight is 257 g/mol. The maximum absolute atomic E-state index is 6.15. The molecule has 0 unspecified atom stereocenters. The molecule has 2 heteroatoms. The molecular weight excluding hydrogens is 229 g/mol. The third kappa shape index (κ3) is 7.56. The van der Waals surface area contributed by atoms with Crippen LogP contribution in [0.5, 0.6) is 0 Å². The Labute approximate surface area is 121 Å². The van der Waals surface area contributed by atoms with Gasteiger partial charge in [-0.2, -0.15) is 0 Å². The van der Waals surface area contributed by atoms with Crippen molar-refractivity contribution in [3.63, 3.8) is 0 Å². The summed E-state index contributed by atoms with van der Waals surface area (Å²) in [5, 5.41) is 0. The summed E-state index contributed by atoms with van der Waals surface area (Å²) < 4.78 is 0. The highest BCUT2D eigenvalue weighted by molar-refractivity contribution is 6.25. The summed E-state index contributed by atoms with van der Waals surface area (Å²) >= 11 is 0. The maximum atomic E-state index is 6.15. The molecule has 0 rings (SSSR count). The Morgan fingerprint density at radius 2 is 1.53 bits per heavy atom. The number of hydrogen-bond donors (Lipinski definition) is 1. The zero-order valence-corrected chi connectivity index (χ0v) is 13.6. The fourth-order valence-corrected chi connectivity index (χ4v) is 1.37. The Bertz CT molecular complexity index is 417. The van der Waals surface area contributed by atoms with E-state index in [2.05, 4.69) is 20.4 Å². The topological polar surface area (TPSA) is 26.0 Å². The normalized spacial score (nSPS) is 12.5. The molecule has 0 spiro atoms. The van der Waals surface area contributed by atoms with Gasteiger partial charge in [-0.05, 0) is 46.3 Å². The van der Waals surface area contributed by atoms with Gasteiger partial charge in [-0.15, -0.1) is 0 Å². The van der Waals surface area contributed by atoms with Gasteiger partial charge < -0.3 is 5.73 Å². The van der Waals surface area contributed by atoms with E-state index in [4.69, 9.17) is 13.6 Å². The summed E-state index contributed by atoms with van der Waals surface area (Å²) in [6.45, 7) is 17.8. The van der Waals surface area contributed by atoms with Crippen LogP contribution in [-0.2, 0) is 0 Å². The molecule has 0 fully saturated rings. The van der Waals surface area contributed by atoms with E-state index < -0.39 is 0 Å². The van der Waals surface area contributed by atoms with Crippen molar-refractivity contribution in [2.75, 3.05) is 0 Å². The first-order chi connectivity index (χ1) is 8.81. The molecule has 0 heterocycles. The molecule has 0 aliphatic heterocycles. The summed E-state index contributed by atoms with van der Waals surface area (Å²) in [4.78, 5) is 0. The van der Waals surface area contributed by atoms with Crippen LogP contribution in [0.4, 0.5) is 0 Å². The van der Waals surface area contributed by atoms with Gasteiger partial charge in [0.05, 0.1) is 0 Å². The van der Waals surface area contributed by atoms with Crippen molar-refractivity contribution in [2.45, 2.75) is 48.5 Å². The predicted octanol–water partition coefficient (Wildman–Crippen LogP) is 4.79. The lowest BCUT2D eigenvalue weighted by Crippen LogP contribution is -1.97. The molecule has 1 nitrogen and oxygen atoms in total. The second-order valence-corrected chi connectivity index (χ2v) is 4.34. The molecule has 0 saturated heterocycles. The number of hydrogen-bond acceptors (Lipinski definition) is 1. The molecule has 2 radical (unpaired) electrons. The third-order valence-electron chi connectivity index (χ3n) is 2.68. The smallest absolute Gasteiger partial charge is 0.114 e. The fourth-order valence-electron chi connectivity index (χ4n) is 1.37. The van der Waals surface area contributed by atoms with Crippen LogP contribution in [-0.4, -0.2) is 7.85 Å². The van der Waals surface area contributed by atoms with Gasteiger partial charge in [0.2, 0.25) is 0 Å². The molecule has 0 aromatic heterocycles. The van der Waals surface area contributed by atoms with Crippen LogP contribution < -0.4 is 5.73 Å². The van der Waals surface area contributed by atoms with Gasteiger partial charge in [-0.1, -0.05) is 54.8 Å². The molecule has 104 valence electrons. The van der Waals surface area contributed by atoms with Crippen molar-refractivity contribution < 1.29 is 0 Å². The van der Waals surface area contributed by atoms with Gasteiger partial charge in [0.1, 0.15) is 7.85 Å². The zero-order valence-electron chi connectivity index (χ0n) is 13.6. The molecule has 0 aromatic carbocycles. The standard InChI is InChI=1S/C15H22BN.C2H6/c1-7-8-14(9-11(4)17)13(6)15(16)12(5)10(2)3;1-2/h7-9H,4,17H2,1-3,5-6H3;1-2H3/b8-7-,14-9+,15-13-;. The molecule has 0 amide bonds. The van der Waals surface area contributed by atoms with Crippen molar-refractivity contribution in [1.82, 2.24) is 0 Å². The second-order valence-electron chi connectivity index (χ2n) is 4.34. The first kappa shape index (κ1) is 19.9. The van der Waals surface area contributed by atoms with Gasteiger partial charge in [-0.25, -0.2) is 0 Å². The molecule has 0 bridgehead atoms. The third-order valence-corrected chi connectivity index (χ3v) is 2.68. The van der Waals surface area contributed by atoms with Crippen LogP contribution in [0, 0.1) is 0 Å². The summed E-state index contributed by atoms with van der Waals surface area (Å²) in [7, 11) is 6.15. The molecule has 0 aliphatic carbocycles. The van der Waals surface area contributed by atoms with Crippen molar-refractivity contribution in [3.05, 3.63) is 58.3 Å². The quantitative estimate of drug-likeness (QED) is 0.569. The SMILES string of the molecule is CC.[B]\C(C(C)=C(C)C)=C(C)/C(/C=C\C)=C/C(=C)N. The summed E-state index contributed by atoms with van der Waals surface area (Å²) in [6.07, 6.45) is 5.78. The van der Waals surface area contributed by atoms with Gasteiger partial charge in [0.15, 0.2) is 0 Å². The molecule has 0 saturated carbocycles. The first-order valence-electron chi connectivity index (χ1n) is 6.71. The zero-order chi connectivity index (χ0) is 15.6. The van der Waals surface area contributed by atoms with E-state index in [9.17, 15) is 0 Å². The van der Waals surface area contributed by atoms with Crippen molar-refractivity contribution in [2.24, 2.45) is 5.73 Å². The van der Waals surface area contributed by atoms with Crippen LogP contribution in [0.2, 0.25) is 0 Å². The van der Waals surface area contributed by atoms with Gasteiger partial charge in [0.25, 0.3) is 0 Å². The largest absolute Gasteiger partial charge is 0.399 e. The lowest BCUT2D eigenvalue weighted by Gasteiger charge is -2.12. The van der Waals surface area contributed by atoms with Crippen molar-refractivity contribution in [1.29, 1.82) is 0 Å². The molecule has 2 N–H and O–H groups in total. The molecule has 0 atom stereocenters. The highest BCUT2D eigenvalue weighted by atomic mass is 14.5. The minimum atomic E-state index is 0.528. The Hall–Kier alpha value is -1.44. The van der Waals surface area contributed by atoms with E-state index in [1.54, 1.807) is 0 Å². The van der Waals surface area contributed by atoms with Crippen LogP contribution in [0.25, 0.3) is 0 Å². The van der Waals surface area contributed by atoms with E-state index in [1.807, 2.05) is 52.8 Å². The van der Waals surface area contributed by atoms with E-state index in [0.717, 1.165) is 22.2 Å². The van der Waals surface area contributed by atoms with Crippen LogP contribution in [0.1, 0.15) is 48.5 Å². The average Bonchev–Trinajstić information content (AvgIpc) is 2.37. The lowest BCUT2D eigenvalue weighted by molar-refractivity contribution is 1.25. The Balaban J connectivity index is 0. The van der Waals surface area contributed by atoms with Gasteiger partial charge >= 0.3 is 0 Å². The van der Waals surface area contributed by atoms with Crippen LogP contribution in [0.15, 0.2) is 58.3 Å². The van der Waals surface area contributed by atoms with E-state index >= 15 is 0 Å². The van der Waals surface area contributed by atoms with Gasteiger partial charge in [0, 0.05) is 5.70 Å². The van der Waals surface area contributed by atoms with Gasteiger partial charge in [-0.3, -0.25) is 0 Å². The van der Waals surface area contributed by atoms with E-state index in [0.29, 0.717) is 5.70 Å². The Morgan fingerprint density at radius 3 is 1.84 bits per heavy atom. The summed E-state index contributed by atoms with van der Waals surface area (Å²) in [5.41, 5.74) is 11.3. The van der Waals surface area contributed by atoms with E-state index in [1.165, 1.54) is 5.57 Å². The van der Waals surface area contributed by atoms with Crippen LogP contribution in [0.3, 0.4) is 0 Å². The summed E-state index contributed by atoms with van der Waals surface area (Å²) in [5.74, 6) is 0. The van der Waals surface area contributed by atoms with Crippen LogP contribution >= 0.6 is 0 Å². The minimum Gasteiger partial charge on any atom is -0.399 e. The lowest BCUT2D eigenvalue weighted by atomic mass is 9.80. The summed E-state index contributed by atoms with van der Waals surface area (Å²) in [6, 6.07) is 0. The molecule has 0 aliphatic rings. The predicted molar refractivity (Wildman–Crippen MR) is 90.1 cm³/mol. The molecular formula is C17H28BN. The van der Waals surface area contributed by atoms with Crippen molar-refractivity contribution in [3.8, 4) is 0 Å². The first-order valence-corrected chi connectivity index (χ1v) is 6.71. The highest BCUT2D eigenvalue weighted by Crippen LogP contribution is 2.21. The second kappa shape index (κ2) is 10.5. The minimum absolute atomic E-state index is 0.528. The number of allylic oxidation sites excluding steroid dienone is 8. The maximum Gasteiger partial charge on any atom is 0.114 e. The molecule has 19 heavy (non-hydrogen) atoms. The Kier molecular flexibility index (Phi) is 11.0. The number of rotatable bonds is 4. The van der Waals surface area contributed by atoms with Crippen molar-refractivity contribution >= 4 is 7.85 Å². The number of nitrogens with two attached hydrogens (primary N) is 1. The fraction of sp³-hybridized carbons (Fsp3) is 0.412.